The van der Waals surface area contributed by atoms with Gasteiger partial charge in [-0.3, -0.25) is 4.98 Å². The second kappa shape index (κ2) is 9.36. The third-order valence-electron chi connectivity index (χ3n) is 6.40. The van der Waals surface area contributed by atoms with Crippen molar-refractivity contribution < 1.29 is 13.9 Å². The lowest BCUT2D eigenvalue weighted by atomic mass is 9.97. The van der Waals surface area contributed by atoms with Gasteiger partial charge in [0.05, 0.1) is 42.2 Å². The second-order valence-corrected chi connectivity index (χ2v) is 8.92. The maximum atomic E-state index is 15.3. The third kappa shape index (κ3) is 4.31. The summed E-state index contributed by atoms with van der Waals surface area (Å²) in [6.07, 6.45) is 1.84. The summed E-state index contributed by atoms with van der Waals surface area (Å²) in [7, 11) is 1.62. The normalized spacial score (nSPS) is 17.9. The lowest BCUT2D eigenvalue weighted by molar-refractivity contribution is -0.00539. The summed E-state index contributed by atoms with van der Waals surface area (Å²) in [5.41, 5.74) is 5.29. The first kappa shape index (κ1) is 22.8. The average Bonchev–Trinajstić information content (AvgIpc) is 2.87. The molecule has 0 aliphatic carbocycles. The molecule has 176 valence electrons. The Balaban J connectivity index is 1.56. The SMILES string of the molecule is COc1c(-c2ccc(N3C[C@@H](C)O[C@@H](C)C3)c(F)c2)cnc2c(-c3ccc(C#N)cc3)cccc12. The zero-order chi connectivity index (χ0) is 24.5. The molecule has 1 aliphatic rings. The molecule has 1 saturated heterocycles. The van der Waals surface area contributed by atoms with E-state index in [2.05, 4.69) is 6.07 Å². The monoisotopic (exact) mass is 467 g/mol. The summed E-state index contributed by atoms with van der Waals surface area (Å²) in [6.45, 7) is 5.32. The van der Waals surface area contributed by atoms with Gasteiger partial charge in [-0.25, -0.2) is 4.39 Å². The molecule has 5 nitrogen and oxygen atoms in total. The van der Waals surface area contributed by atoms with Crippen molar-refractivity contribution in [1.82, 2.24) is 4.98 Å². The van der Waals surface area contributed by atoms with E-state index in [0.717, 1.165) is 27.6 Å². The van der Waals surface area contributed by atoms with Crippen LogP contribution in [0.3, 0.4) is 0 Å². The first-order valence-electron chi connectivity index (χ1n) is 11.6. The molecule has 0 unspecified atom stereocenters. The van der Waals surface area contributed by atoms with Gasteiger partial charge in [-0.05, 0) is 55.3 Å². The predicted molar refractivity (Wildman–Crippen MR) is 136 cm³/mol. The molecule has 5 rings (SSSR count). The standard InChI is InChI=1S/C29H26FN3O2/c1-18-16-33(17-19(2)35-18)27-12-11-22(13-26(27)30)25-15-32-28-23(5-4-6-24(28)29(25)34-3)21-9-7-20(14-31)8-10-21/h4-13,15,18-19H,16-17H2,1-3H3/t18-,19+. The minimum Gasteiger partial charge on any atom is -0.495 e. The van der Waals surface area contributed by atoms with Gasteiger partial charge in [0.25, 0.3) is 0 Å². The fourth-order valence-electron chi connectivity index (χ4n) is 4.89. The van der Waals surface area contributed by atoms with Crippen LogP contribution in [0.1, 0.15) is 19.4 Å². The topological polar surface area (TPSA) is 58.4 Å². The Morgan fingerprint density at radius 3 is 2.37 bits per heavy atom. The lowest BCUT2D eigenvalue weighted by Crippen LogP contribution is -2.45. The number of ether oxygens (including phenoxy) is 2. The first-order valence-corrected chi connectivity index (χ1v) is 11.6. The van der Waals surface area contributed by atoms with Gasteiger partial charge in [-0.1, -0.05) is 30.3 Å². The van der Waals surface area contributed by atoms with Crippen LogP contribution < -0.4 is 9.64 Å². The van der Waals surface area contributed by atoms with Crippen LogP contribution in [0, 0.1) is 17.1 Å². The number of halogens is 1. The second-order valence-electron chi connectivity index (χ2n) is 8.92. The van der Waals surface area contributed by atoms with Gasteiger partial charge in [0, 0.05) is 35.8 Å². The number of para-hydroxylation sites is 1. The molecule has 0 saturated carbocycles. The number of hydrogen-bond donors (Lipinski definition) is 0. The minimum absolute atomic E-state index is 0.0490. The number of nitriles is 1. The summed E-state index contributed by atoms with van der Waals surface area (Å²) in [5.74, 6) is 0.364. The van der Waals surface area contributed by atoms with E-state index in [0.29, 0.717) is 35.7 Å². The zero-order valence-electron chi connectivity index (χ0n) is 20.0. The van der Waals surface area contributed by atoms with E-state index in [1.54, 1.807) is 31.5 Å². The van der Waals surface area contributed by atoms with Crippen molar-refractivity contribution in [1.29, 1.82) is 5.26 Å². The quantitative estimate of drug-likeness (QED) is 0.358. The highest BCUT2D eigenvalue weighted by molar-refractivity contribution is 6.00. The van der Waals surface area contributed by atoms with Gasteiger partial charge < -0.3 is 14.4 Å². The van der Waals surface area contributed by atoms with Crippen LogP contribution in [0.2, 0.25) is 0 Å². The molecule has 6 heteroatoms. The van der Waals surface area contributed by atoms with Crippen molar-refractivity contribution in [3.63, 3.8) is 0 Å². The molecule has 3 aromatic carbocycles. The van der Waals surface area contributed by atoms with Crippen LogP contribution in [-0.4, -0.2) is 37.4 Å². The van der Waals surface area contributed by atoms with Crippen LogP contribution in [-0.2, 0) is 4.74 Å². The van der Waals surface area contributed by atoms with Gasteiger partial charge in [0.15, 0.2) is 0 Å². The fraction of sp³-hybridized carbons (Fsp3) is 0.241. The van der Waals surface area contributed by atoms with E-state index in [1.807, 2.05) is 61.2 Å². The molecule has 1 fully saturated rings. The summed E-state index contributed by atoms with van der Waals surface area (Å²) >= 11 is 0. The van der Waals surface area contributed by atoms with E-state index in [1.165, 1.54) is 0 Å². The molecule has 1 aromatic heterocycles. The molecule has 0 radical (unpaired) electrons. The largest absolute Gasteiger partial charge is 0.495 e. The van der Waals surface area contributed by atoms with Gasteiger partial charge in [0.1, 0.15) is 11.6 Å². The third-order valence-corrected chi connectivity index (χ3v) is 6.40. The van der Waals surface area contributed by atoms with Crippen LogP contribution in [0.5, 0.6) is 5.75 Å². The van der Waals surface area contributed by atoms with Gasteiger partial charge in [0.2, 0.25) is 0 Å². The Hall–Kier alpha value is -3.95. The van der Waals surface area contributed by atoms with E-state index in [-0.39, 0.29) is 18.0 Å². The number of pyridine rings is 1. The lowest BCUT2D eigenvalue weighted by Gasteiger charge is -2.37. The number of rotatable bonds is 4. The van der Waals surface area contributed by atoms with E-state index >= 15 is 4.39 Å². The summed E-state index contributed by atoms with van der Waals surface area (Å²) in [5, 5.41) is 9.94. The highest BCUT2D eigenvalue weighted by atomic mass is 19.1. The Morgan fingerprint density at radius 1 is 1.00 bits per heavy atom. The van der Waals surface area contributed by atoms with Crippen molar-refractivity contribution in [3.05, 3.63) is 78.2 Å². The number of benzene rings is 3. The number of nitrogens with zero attached hydrogens (tertiary/aromatic N) is 3. The summed E-state index contributed by atoms with van der Waals surface area (Å²) in [4.78, 5) is 6.79. The highest BCUT2D eigenvalue weighted by Gasteiger charge is 2.25. The first-order chi connectivity index (χ1) is 17.0. The van der Waals surface area contributed by atoms with Gasteiger partial charge >= 0.3 is 0 Å². The summed E-state index contributed by atoms with van der Waals surface area (Å²) in [6, 6.07) is 20.8. The number of fused-ring (bicyclic) bond motifs is 1. The number of methoxy groups -OCH3 is 1. The molecule has 35 heavy (non-hydrogen) atoms. The molecule has 1 aliphatic heterocycles. The zero-order valence-corrected chi connectivity index (χ0v) is 20.0. The molecule has 0 N–H and O–H groups in total. The van der Waals surface area contributed by atoms with Crippen LogP contribution >= 0.6 is 0 Å². The van der Waals surface area contributed by atoms with E-state index in [9.17, 15) is 0 Å². The van der Waals surface area contributed by atoms with Crippen molar-refractivity contribution in [2.75, 3.05) is 25.1 Å². The van der Waals surface area contributed by atoms with Crippen LogP contribution in [0.25, 0.3) is 33.2 Å². The highest BCUT2D eigenvalue weighted by Crippen LogP contribution is 2.40. The van der Waals surface area contributed by atoms with E-state index in [4.69, 9.17) is 19.7 Å². The number of aromatic nitrogens is 1. The van der Waals surface area contributed by atoms with E-state index < -0.39 is 0 Å². The molecule has 0 bridgehead atoms. The fourth-order valence-corrected chi connectivity index (χ4v) is 4.89. The van der Waals surface area contributed by atoms with Gasteiger partial charge in [-0.15, -0.1) is 0 Å². The Bertz CT molecular complexity index is 1420. The van der Waals surface area contributed by atoms with Crippen molar-refractivity contribution in [2.24, 2.45) is 0 Å². The molecular weight excluding hydrogens is 441 g/mol. The Kier molecular flexibility index (Phi) is 6.10. The Morgan fingerprint density at radius 2 is 1.71 bits per heavy atom. The average molecular weight is 468 g/mol. The maximum absolute atomic E-state index is 15.3. The van der Waals surface area contributed by atoms with Crippen molar-refractivity contribution in [3.8, 4) is 34.1 Å². The molecule has 4 aromatic rings. The summed E-state index contributed by atoms with van der Waals surface area (Å²) < 4.78 is 26.9. The van der Waals surface area contributed by atoms with Crippen molar-refractivity contribution in [2.45, 2.75) is 26.1 Å². The predicted octanol–water partition coefficient (Wildman–Crippen LogP) is 6.20. The van der Waals surface area contributed by atoms with Crippen LogP contribution in [0.4, 0.5) is 10.1 Å². The van der Waals surface area contributed by atoms with Crippen LogP contribution in [0.15, 0.2) is 66.9 Å². The molecular formula is C29H26FN3O2. The van der Waals surface area contributed by atoms with Gasteiger partial charge in [-0.2, -0.15) is 5.26 Å². The number of anilines is 1. The molecule has 2 atom stereocenters. The van der Waals surface area contributed by atoms with Crippen molar-refractivity contribution >= 4 is 16.6 Å². The minimum atomic E-state index is -0.280. The maximum Gasteiger partial charge on any atom is 0.147 e. The number of hydrogen-bond acceptors (Lipinski definition) is 5. The molecule has 2 heterocycles. The molecule has 0 amide bonds. The molecule has 0 spiro atoms. The Labute approximate surface area is 204 Å². The number of morpholine rings is 1. The smallest absolute Gasteiger partial charge is 0.147 e.